The third-order valence-electron chi connectivity index (χ3n) is 5.97. The van der Waals surface area contributed by atoms with Gasteiger partial charge in [0, 0.05) is 36.7 Å². The van der Waals surface area contributed by atoms with Crippen LogP contribution in [-0.4, -0.2) is 45.4 Å². The van der Waals surface area contributed by atoms with E-state index in [0.717, 1.165) is 29.1 Å². The van der Waals surface area contributed by atoms with Crippen LogP contribution in [0.5, 0.6) is 0 Å². The number of nitrogens with zero attached hydrogens (tertiary/aromatic N) is 3. The lowest BCUT2D eigenvalue weighted by Crippen LogP contribution is -2.50. The summed E-state index contributed by atoms with van der Waals surface area (Å²) in [6, 6.07) is 21.3. The van der Waals surface area contributed by atoms with E-state index in [4.69, 9.17) is 0 Å². The van der Waals surface area contributed by atoms with Gasteiger partial charge >= 0.3 is 6.03 Å². The highest BCUT2D eigenvalue weighted by molar-refractivity contribution is 5.92. The van der Waals surface area contributed by atoms with Crippen molar-refractivity contribution in [1.29, 1.82) is 0 Å². The first kappa shape index (κ1) is 21.7. The molecule has 6 heteroatoms. The molecule has 1 aliphatic rings. The summed E-state index contributed by atoms with van der Waals surface area (Å²) in [5.41, 5.74) is 4.01. The number of fused-ring (bicyclic) bond motifs is 1. The number of nitrogens with one attached hydrogen (secondary N) is 1. The summed E-state index contributed by atoms with van der Waals surface area (Å²) in [6.07, 6.45) is 2.06. The van der Waals surface area contributed by atoms with Crippen LogP contribution in [0.15, 0.2) is 72.9 Å². The van der Waals surface area contributed by atoms with Crippen molar-refractivity contribution in [3.8, 4) is 0 Å². The first-order valence-electron chi connectivity index (χ1n) is 11.1. The van der Waals surface area contributed by atoms with Gasteiger partial charge in [-0.25, -0.2) is 4.79 Å². The predicted molar refractivity (Wildman–Crippen MR) is 126 cm³/mol. The van der Waals surface area contributed by atoms with Gasteiger partial charge < -0.3 is 19.7 Å². The lowest BCUT2D eigenvalue weighted by Gasteiger charge is -2.39. The molecule has 0 fully saturated rings. The Labute approximate surface area is 189 Å². The zero-order valence-electron chi connectivity index (χ0n) is 18.9. The normalized spacial score (nSPS) is 15.4. The van der Waals surface area contributed by atoms with Crippen molar-refractivity contribution >= 4 is 17.6 Å². The number of aromatic nitrogens is 1. The predicted octanol–water partition coefficient (Wildman–Crippen LogP) is 4.67. The molecule has 0 radical (unpaired) electrons. The molecule has 2 heterocycles. The second kappa shape index (κ2) is 9.30. The van der Waals surface area contributed by atoms with E-state index in [1.54, 1.807) is 4.90 Å². The number of amides is 3. The molecule has 0 saturated carbocycles. The highest BCUT2D eigenvalue weighted by atomic mass is 16.2. The van der Waals surface area contributed by atoms with Gasteiger partial charge in [-0.15, -0.1) is 0 Å². The van der Waals surface area contributed by atoms with E-state index in [1.165, 1.54) is 0 Å². The van der Waals surface area contributed by atoms with Crippen molar-refractivity contribution in [3.63, 3.8) is 0 Å². The van der Waals surface area contributed by atoms with Crippen molar-refractivity contribution in [2.45, 2.75) is 39.4 Å². The first-order valence-corrected chi connectivity index (χ1v) is 11.1. The molecule has 4 rings (SSSR count). The number of hydrogen-bond donors (Lipinski definition) is 1. The Morgan fingerprint density at radius 1 is 1.00 bits per heavy atom. The number of hydrogen-bond acceptors (Lipinski definition) is 2. The number of urea groups is 1. The summed E-state index contributed by atoms with van der Waals surface area (Å²) in [5, 5.41) is 2.93. The van der Waals surface area contributed by atoms with Crippen LogP contribution < -0.4 is 5.32 Å². The molecule has 0 bridgehead atoms. The Balaban J connectivity index is 1.54. The maximum Gasteiger partial charge on any atom is 0.322 e. The van der Waals surface area contributed by atoms with Crippen molar-refractivity contribution in [3.05, 3.63) is 89.7 Å². The fourth-order valence-corrected chi connectivity index (χ4v) is 4.20. The van der Waals surface area contributed by atoms with Crippen molar-refractivity contribution in [1.82, 2.24) is 14.4 Å². The van der Waals surface area contributed by atoms with E-state index in [0.29, 0.717) is 6.54 Å². The van der Waals surface area contributed by atoms with Gasteiger partial charge in [-0.05, 0) is 50.6 Å². The maximum absolute atomic E-state index is 13.5. The lowest BCUT2D eigenvalue weighted by atomic mass is 10.00. The number of rotatable bonds is 5. The van der Waals surface area contributed by atoms with Gasteiger partial charge in [0.15, 0.2) is 0 Å². The summed E-state index contributed by atoms with van der Waals surface area (Å²) in [5.74, 6) is -0.0564. The minimum Gasteiger partial charge on any atom is -0.348 e. The van der Waals surface area contributed by atoms with Crippen molar-refractivity contribution in [2.75, 3.05) is 18.4 Å². The van der Waals surface area contributed by atoms with Crippen LogP contribution in [0.2, 0.25) is 0 Å². The maximum atomic E-state index is 13.5. The molecule has 0 saturated heterocycles. The Morgan fingerprint density at radius 3 is 2.41 bits per heavy atom. The van der Waals surface area contributed by atoms with E-state index < -0.39 is 0 Å². The third-order valence-corrected chi connectivity index (χ3v) is 5.97. The van der Waals surface area contributed by atoms with Gasteiger partial charge in [0.2, 0.25) is 5.91 Å². The summed E-state index contributed by atoms with van der Waals surface area (Å²) in [6.45, 7) is 7.23. The van der Waals surface area contributed by atoms with Crippen LogP contribution in [0.4, 0.5) is 10.5 Å². The largest absolute Gasteiger partial charge is 0.348 e. The Hall–Kier alpha value is -3.54. The molecule has 2 aromatic carbocycles. The van der Waals surface area contributed by atoms with Crippen LogP contribution in [0.25, 0.3) is 0 Å². The average Bonchev–Trinajstić information content (AvgIpc) is 3.27. The van der Waals surface area contributed by atoms with Gasteiger partial charge in [-0.2, -0.15) is 0 Å². The highest BCUT2D eigenvalue weighted by Gasteiger charge is 2.33. The first-order chi connectivity index (χ1) is 15.4. The van der Waals surface area contributed by atoms with Crippen molar-refractivity contribution in [2.24, 2.45) is 0 Å². The number of aryl methyl sites for hydroxylation is 1. The molecular weight excluding hydrogens is 400 g/mol. The standard InChI is InChI=1S/C26H30N4O2/c1-19(2)30(26(32)27-22-13-11-20(3)12-14-22)18-24(31)29-17-16-28-15-7-10-23(28)25(29)21-8-5-4-6-9-21/h4-15,19,25H,16-18H2,1-3H3,(H,27,32). The topological polar surface area (TPSA) is 57.6 Å². The molecule has 0 spiro atoms. The smallest absolute Gasteiger partial charge is 0.322 e. The molecule has 1 aromatic heterocycles. The minimum atomic E-state index is -0.270. The van der Waals surface area contributed by atoms with Gasteiger partial charge in [-0.1, -0.05) is 48.0 Å². The third kappa shape index (κ3) is 4.54. The summed E-state index contributed by atoms with van der Waals surface area (Å²) >= 11 is 0. The van der Waals surface area contributed by atoms with Crippen LogP contribution in [0.1, 0.15) is 36.7 Å². The molecule has 1 N–H and O–H groups in total. The molecule has 3 amide bonds. The molecule has 166 valence electrons. The molecule has 32 heavy (non-hydrogen) atoms. The monoisotopic (exact) mass is 430 g/mol. The van der Waals surface area contributed by atoms with E-state index >= 15 is 0 Å². The Morgan fingerprint density at radius 2 is 1.72 bits per heavy atom. The number of benzene rings is 2. The molecule has 6 nitrogen and oxygen atoms in total. The van der Waals surface area contributed by atoms with Gasteiger partial charge in [0.05, 0.1) is 6.04 Å². The summed E-state index contributed by atoms with van der Waals surface area (Å²) < 4.78 is 2.20. The number of carbonyl (C=O) groups is 2. The quantitative estimate of drug-likeness (QED) is 0.639. The number of anilines is 1. The molecule has 3 aromatic rings. The van der Waals surface area contributed by atoms with Crippen LogP contribution in [-0.2, 0) is 11.3 Å². The average molecular weight is 431 g/mol. The SMILES string of the molecule is Cc1ccc(NC(=O)N(CC(=O)N2CCn3cccc3C2c2ccccc2)C(C)C)cc1. The van der Waals surface area contributed by atoms with Gasteiger partial charge in [-0.3, -0.25) is 4.79 Å². The fourth-order valence-electron chi connectivity index (χ4n) is 4.20. The van der Waals surface area contributed by atoms with Crippen molar-refractivity contribution < 1.29 is 9.59 Å². The molecule has 0 aliphatic carbocycles. The lowest BCUT2D eigenvalue weighted by molar-refractivity contribution is -0.134. The Kier molecular flexibility index (Phi) is 6.30. The van der Waals surface area contributed by atoms with Gasteiger partial charge in [0.1, 0.15) is 6.54 Å². The van der Waals surface area contributed by atoms with Gasteiger partial charge in [0.25, 0.3) is 0 Å². The summed E-state index contributed by atoms with van der Waals surface area (Å²) in [7, 11) is 0. The van der Waals surface area contributed by atoms with E-state index in [2.05, 4.69) is 34.3 Å². The van der Waals surface area contributed by atoms with E-state index in [-0.39, 0.29) is 30.6 Å². The van der Waals surface area contributed by atoms with Crippen LogP contribution in [0, 0.1) is 6.92 Å². The molecule has 1 unspecified atom stereocenters. The molecular formula is C26H30N4O2. The fraction of sp³-hybridized carbons (Fsp3) is 0.308. The Bertz CT molecular complexity index is 1070. The van der Waals surface area contributed by atoms with Crippen LogP contribution in [0.3, 0.4) is 0 Å². The minimum absolute atomic E-state index is 0.0272. The highest BCUT2D eigenvalue weighted by Crippen LogP contribution is 2.32. The molecule has 1 aliphatic heterocycles. The zero-order chi connectivity index (χ0) is 22.7. The van der Waals surface area contributed by atoms with E-state index in [9.17, 15) is 9.59 Å². The second-order valence-electron chi connectivity index (χ2n) is 8.54. The number of carbonyl (C=O) groups excluding carboxylic acids is 2. The zero-order valence-corrected chi connectivity index (χ0v) is 18.9. The summed E-state index contributed by atoms with van der Waals surface area (Å²) in [4.78, 5) is 30.0. The molecule has 1 atom stereocenters. The van der Waals surface area contributed by atoms with Crippen LogP contribution >= 0.6 is 0 Å². The van der Waals surface area contributed by atoms with E-state index in [1.807, 2.05) is 74.2 Å². The second-order valence-corrected chi connectivity index (χ2v) is 8.54.